The highest BCUT2D eigenvalue weighted by Crippen LogP contribution is 2.11. The van der Waals surface area contributed by atoms with E-state index in [1.54, 1.807) is 0 Å². The summed E-state index contributed by atoms with van der Waals surface area (Å²) in [5.41, 5.74) is 0. The highest BCUT2D eigenvalue weighted by molar-refractivity contribution is 5.76. The summed E-state index contributed by atoms with van der Waals surface area (Å²) in [7, 11) is 0. The van der Waals surface area contributed by atoms with Gasteiger partial charge in [0.05, 0.1) is 19.3 Å². The van der Waals surface area contributed by atoms with Crippen molar-refractivity contribution in [3.8, 4) is 0 Å². The van der Waals surface area contributed by atoms with Crippen LogP contribution < -0.4 is 0 Å². The van der Waals surface area contributed by atoms with Crippen LogP contribution in [-0.2, 0) is 9.53 Å². The normalized spacial score (nSPS) is 16.3. The van der Waals surface area contributed by atoms with Crippen LogP contribution >= 0.6 is 0 Å². The van der Waals surface area contributed by atoms with Crippen molar-refractivity contribution >= 4 is 5.91 Å². The number of rotatable bonds is 15. The fourth-order valence-corrected chi connectivity index (χ4v) is 3.34. The molecule has 0 aromatic carbocycles. The third-order valence-electron chi connectivity index (χ3n) is 5.09. The van der Waals surface area contributed by atoms with E-state index in [0.717, 1.165) is 51.6 Å². The number of hydrogen-bond donors (Lipinski definition) is 1. The van der Waals surface area contributed by atoms with Gasteiger partial charge in [-0.25, -0.2) is 0 Å². The molecule has 0 aromatic rings. The molecule has 4 heteroatoms. The molecule has 0 spiro atoms. The number of nitrogens with zero attached hydrogens (tertiary/aromatic N) is 1. The van der Waals surface area contributed by atoms with E-state index in [9.17, 15) is 9.90 Å². The molecule has 0 radical (unpaired) electrons. The molecule has 1 amide bonds. The molecule has 0 unspecified atom stereocenters. The number of morpholine rings is 1. The third-order valence-corrected chi connectivity index (χ3v) is 5.09. The van der Waals surface area contributed by atoms with E-state index in [1.165, 1.54) is 38.5 Å². The molecule has 1 aliphatic heterocycles. The monoisotopic (exact) mass is 367 g/mol. The maximum absolute atomic E-state index is 12.0. The van der Waals surface area contributed by atoms with Crippen molar-refractivity contribution in [2.24, 2.45) is 0 Å². The summed E-state index contributed by atoms with van der Waals surface area (Å²) in [6.45, 7) is 5.12. The van der Waals surface area contributed by atoms with Crippen molar-refractivity contribution in [2.45, 2.75) is 96.5 Å². The number of hydrogen-bond acceptors (Lipinski definition) is 3. The molecule has 1 fully saturated rings. The number of aliphatic hydroxyl groups is 1. The average Bonchev–Trinajstić information content (AvgIpc) is 2.67. The Morgan fingerprint density at radius 3 is 2.46 bits per heavy atom. The third kappa shape index (κ3) is 12.5. The highest BCUT2D eigenvalue weighted by Gasteiger charge is 2.15. The fraction of sp³-hybridized carbons (Fsp3) is 0.864. The minimum atomic E-state index is -0.160. The van der Waals surface area contributed by atoms with Gasteiger partial charge in [0.1, 0.15) is 0 Å². The first-order chi connectivity index (χ1) is 12.7. The molecule has 152 valence electrons. The van der Waals surface area contributed by atoms with Crippen LogP contribution in [0.15, 0.2) is 12.2 Å². The summed E-state index contributed by atoms with van der Waals surface area (Å²) in [5, 5.41) is 9.90. The molecule has 1 heterocycles. The van der Waals surface area contributed by atoms with E-state index in [4.69, 9.17) is 4.74 Å². The lowest BCUT2D eigenvalue weighted by Crippen LogP contribution is -2.40. The predicted octanol–water partition coefficient (Wildman–Crippen LogP) is 4.85. The van der Waals surface area contributed by atoms with Crippen molar-refractivity contribution in [3.05, 3.63) is 12.2 Å². The smallest absolute Gasteiger partial charge is 0.222 e. The number of aliphatic hydroxyl groups excluding tert-OH is 1. The minimum Gasteiger partial charge on any atom is -0.393 e. The van der Waals surface area contributed by atoms with Crippen molar-refractivity contribution in [2.75, 3.05) is 26.3 Å². The van der Waals surface area contributed by atoms with Crippen LogP contribution in [-0.4, -0.2) is 48.3 Å². The Morgan fingerprint density at radius 1 is 1.00 bits per heavy atom. The van der Waals surface area contributed by atoms with Crippen LogP contribution in [0.1, 0.15) is 90.4 Å². The summed E-state index contributed by atoms with van der Waals surface area (Å²) < 4.78 is 5.27. The maximum Gasteiger partial charge on any atom is 0.222 e. The molecular formula is C22H41NO3. The number of allylic oxidation sites excluding steroid dienone is 1. The number of ether oxygens (including phenoxy) is 1. The number of amides is 1. The van der Waals surface area contributed by atoms with Gasteiger partial charge in [0, 0.05) is 19.5 Å². The standard InChI is InChI=1S/C22H41NO3/c1-2-3-4-11-14-21(24)15-12-9-7-5-6-8-10-13-16-22(25)23-17-19-26-20-18-23/h9,12,21,24H,2-8,10-11,13-20H2,1H3/t21-/m1/s1. The first-order valence-electron chi connectivity index (χ1n) is 10.9. The molecule has 0 saturated carbocycles. The average molecular weight is 368 g/mol. The second-order valence-electron chi connectivity index (χ2n) is 7.51. The molecular weight excluding hydrogens is 326 g/mol. The second kappa shape index (κ2) is 16.3. The Labute approximate surface area is 161 Å². The Balaban J connectivity index is 1.85. The van der Waals surface area contributed by atoms with Gasteiger partial charge in [-0.1, -0.05) is 64.0 Å². The zero-order valence-corrected chi connectivity index (χ0v) is 17.0. The van der Waals surface area contributed by atoms with E-state index >= 15 is 0 Å². The van der Waals surface area contributed by atoms with Crippen LogP contribution in [0, 0.1) is 0 Å². The quantitative estimate of drug-likeness (QED) is 0.332. The lowest BCUT2D eigenvalue weighted by Gasteiger charge is -2.26. The van der Waals surface area contributed by atoms with E-state index in [2.05, 4.69) is 19.1 Å². The van der Waals surface area contributed by atoms with Gasteiger partial charge in [0.25, 0.3) is 0 Å². The Bertz CT molecular complexity index is 364. The zero-order valence-electron chi connectivity index (χ0n) is 17.0. The molecule has 1 saturated heterocycles. The van der Waals surface area contributed by atoms with E-state index in [-0.39, 0.29) is 6.10 Å². The van der Waals surface area contributed by atoms with E-state index in [0.29, 0.717) is 25.5 Å². The van der Waals surface area contributed by atoms with Crippen molar-refractivity contribution in [1.29, 1.82) is 0 Å². The van der Waals surface area contributed by atoms with Crippen molar-refractivity contribution in [1.82, 2.24) is 4.90 Å². The summed E-state index contributed by atoms with van der Waals surface area (Å²) in [6, 6.07) is 0. The number of carbonyl (C=O) groups is 1. The minimum absolute atomic E-state index is 0.160. The zero-order chi connectivity index (χ0) is 18.9. The first kappa shape index (κ1) is 23.2. The second-order valence-corrected chi connectivity index (χ2v) is 7.51. The van der Waals surface area contributed by atoms with E-state index < -0.39 is 0 Å². The van der Waals surface area contributed by atoms with Crippen LogP contribution in [0.4, 0.5) is 0 Å². The molecule has 1 aliphatic rings. The Morgan fingerprint density at radius 2 is 1.69 bits per heavy atom. The summed E-state index contributed by atoms with van der Waals surface area (Å²) in [5.74, 6) is 0.296. The van der Waals surface area contributed by atoms with Gasteiger partial charge >= 0.3 is 0 Å². The van der Waals surface area contributed by atoms with Crippen LogP contribution in [0.5, 0.6) is 0 Å². The fourth-order valence-electron chi connectivity index (χ4n) is 3.34. The van der Waals surface area contributed by atoms with E-state index in [1.807, 2.05) is 4.90 Å². The first-order valence-corrected chi connectivity index (χ1v) is 10.9. The molecule has 1 rings (SSSR count). The largest absolute Gasteiger partial charge is 0.393 e. The van der Waals surface area contributed by atoms with Gasteiger partial charge in [-0.05, 0) is 32.1 Å². The lowest BCUT2D eigenvalue weighted by atomic mass is 10.1. The molecule has 4 nitrogen and oxygen atoms in total. The lowest BCUT2D eigenvalue weighted by molar-refractivity contribution is -0.135. The van der Waals surface area contributed by atoms with Gasteiger partial charge in [-0.2, -0.15) is 0 Å². The summed E-state index contributed by atoms with van der Waals surface area (Å²) >= 11 is 0. The molecule has 0 aromatic heterocycles. The highest BCUT2D eigenvalue weighted by atomic mass is 16.5. The maximum atomic E-state index is 12.0. The SMILES string of the molecule is CCCCCC[C@@H](O)CC=CCCCCCCCC(=O)N1CCOCC1. The van der Waals surface area contributed by atoms with Crippen molar-refractivity contribution in [3.63, 3.8) is 0 Å². The van der Waals surface area contributed by atoms with Crippen molar-refractivity contribution < 1.29 is 14.6 Å². The van der Waals surface area contributed by atoms with Crippen LogP contribution in [0.2, 0.25) is 0 Å². The van der Waals surface area contributed by atoms with Gasteiger partial charge < -0.3 is 14.7 Å². The van der Waals surface area contributed by atoms with Crippen LogP contribution in [0.25, 0.3) is 0 Å². The van der Waals surface area contributed by atoms with Gasteiger partial charge in [0.2, 0.25) is 5.91 Å². The predicted molar refractivity (Wildman–Crippen MR) is 108 cm³/mol. The van der Waals surface area contributed by atoms with Crippen LogP contribution in [0.3, 0.4) is 0 Å². The molecule has 26 heavy (non-hydrogen) atoms. The Hall–Kier alpha value is -0.870. The molecule has 0 aliphatic carbocycles. The summed E-state index contributed by atoms with van der Waals surface area (Å²) in [4.78, 5) is 13.9. The van der Waals surface area contributed by atoms with Gasteiger partial charge in [-0.15, -0.1) is 0 Å². The number of carbonyl (C=O) groups excluding carboxylic acids is 1. The molecule has 1 N–H and O–H groups in total. The summed E-state index contributed by atoms with van der Waals surface area (Å²) in [6.07, 6.45) is 18.5. The Kier molecular flexibility index (Phi) is 14.5. The molecule has 1 atom stereocenters. The van der Waals surface area contributed by atoms with Gasteiger partial charge in [0.15, 0.2) is 0 Å². The topological polar surface area (TPSA) is 49.8 Å². The van der Waals surface area contributed by atoms with Gasteiger partial charge in [-0.3, -0.25) is 4.79 Å². The molecule has 0 bridgehead atoms. The number of unbranched alkanes of at least 4 members (excludes halogenated alkanes) is 8.